The number of halogens is 5. The lowest BCUT2D eigenvalue weighted by Gasteiger charge is -2.23. The van der Waals surface area contributed by atoms with Crippen LogP contribution in [-0.4, -0.2) is 182 Å². The molecule has 10 N–H and O–H groups in total. The molecule has 0 unspecified atom stereocenters. The summed E-state index contributed by atoms with van der Waals surface area (Å²) in [6.45, 7) is 22.7. The van der Waals surface area contributed by atoms with Gasteiger partial charge in [-0.25, -0.2) is 102 Å². The van der Waals surface area contributed by atoms with E-state index in [-0.39, 0.29) is 69.2 Å². The molecule has 97 heavy (non-hydrogen) atoms. The van der Waals surface area contributed by atoms with Gasteiger partial charge in [-0.15, -0.1) is 25.6 Å². The highest BCUT2D eigenvalue weighted by Crippen LogP contribution is 2.57. The molecule has 41 heteroatoms. The molecule has 0 bridgehead atoms. The second kappa shape index (κ2) is 30.9. The van der Waals surface area contributed by atoms with E-state index in [0.29, 0.717) is 51.4 Å². The standard InChI is InChI=1S/C16H24FNO5S.C10H15FN2O3S.C9H16FNO4S.C9H17NO5S.C8H15NO4S.C4H8FNO2S.ClH/c1-5-11-8-16(11,9-12(19)23-14(2,3)4)13(20)18-24(21,22)15(10-17)6-7-15;1-2-7-5-10(7,12)8(14)13-17(15,16)9(6-11)3-4-9;1-8(2,3)15-7(12)11-16(13,14)9(6-10)4-5-9;1-8(2,3)15-7(12)10-16(13,14)9(6-11)4-5-9;1-8(2,3)13-7(10)9-14(11,12)6-4-5-6;5-3-4(1-2-4)9(6,7)8;/h5,11H,1,6-10H2,2-4H3,(H,18,20);2,7H,1,3-6,12H2,(H,13,14);4-6H2,1-3H3,(H,11,12);11H,4-6H2,1-3H3,(H,10,12);6H,4-5H2,1-3H3,(H,9,10);1-3H2,(H2,6,7,8);1H/t11-,16-;7-,10-;;;;;/m11...../s1. The van der Waals surface area contributed by atoms with Crippen molar-refractivity contribution >= 4 is 109 Å². The molecule has 0 aliphatic heterocycles. The number of hydrogen-bond acceptors (Lipinski definition) is 24. The minimum Gasteiger partial charge on any atom is -0.460 e. The fraction of sp³-hybridized carbons (Fsp3) is 0.821. The van der Waals surface area contributed by atoms with Gasteiger partial charge in [0.15, 0.2) is 0 Å². The van der Waals surface area contributed by atoms with Crippen molar-refractivity contribution in [1.82, 2.24) is 23.6 Å². The van der Waals surface area contributed by atoms with Crippen LogP contribution in [0.15, 0.2) is 25.3 Å². The summed E-state index contributed by atoms with van der Waals surface area (Å²) in [4.78, 5) is 69.9. The lowest BCUT2D eigenvalue weighted by atomic mass is 9.98. The van der Waals surface area contributed by atoms with Gasteiger partial charge >= 0.3 is 24.2 Å². The average molecular weight is 1540 g/mol. The highest BCUT2D eigenvalue weighted by atomic mass is 35.5. The minimum absolute atomic E-state index is 0. The number of nitrogens with one attached hydrogen (secondary N) is 5. The van der Waals surface area contributed by atoms with Crippen LogP contribution in [0.2, 0.25) is 0 Å². The number of aliphatic hydroxyl groups excluding tert-OH is 1. The average Bonchev–Trinajstić information content (AvgIpc) is 1.58. The Hall–Kier alpha value is -4.71. The van der Waals surface area contributed by atoms with E-state index in [1.807, 2.05) is 18.9 Å². The predicted molar refractivity (Wildman–Crippen MR) is 350 cm³/mol. The predicted octanol–water partition coefficient (Wildman–Crippen LogP) is 4.61. The van der Waals surface area contributed by atoms with Gasteiger partial charge in [0.2, 0.25) is 66.0 Å². The van der Waals surface area contributed by atoms with Crippen molar-refractivity contribution in [3.63, 3.8) is 0 Å². The van der Waals surface area contributed by atoms with Gasteiger partial charge in [0, 0.05) is 5.92 Å². The van der Waals surface area contributed by atoms with Gasteiger partial charge in [0.25, 0.3) is 5.91 Å². The molecule has 0 saturated heterocycles. The van der Waals surface area contributed by atoms with E-state index in [2.05, 4.69) is 13.2 Å². The Labute approximate surface area is 572 Å². The number of ether oxygens (including phenoxy) is 4. The molecule has 0 heterocycles. The smallest absolute Gasteiger partial charge is 0.421 e. The number of nitrogens with two attached hydrogens (primary N) is 2. The second-order valence-corrected chi connectivity index (χ2v) is 41.4. The summed E-state index contributed by atoms with van der Waals surface area (Å²) in [5, 5.41) is 13.3. The molecule has 8 aliphatic carbocycles. The first-order valence-electron chi connectivity index (χ1n) is 30.2. The molecule has 0 aromatic heterocycles. The number of alkyl halides is 4. The third-order valence-corrected chi connectivity index (χ3v) is 27.9. The van der Waals surface area contributed by atoms with Crippen molar-refractivity contribution in [3.8, 4) is 0 Å². The number of sulfonamides is 6. The zero-order valence-electron chi connectivity index (χ0n) is 56.4. The molecule has 30 nitrogen and oxygen atoms in total. The van der Waals surface area contributed by atoms with Crippen molar-refractivity contribution in [1.29, 1.82) is 0 Å². The molecule has 0 spiro atoms. The molecule has 5 amide bonds. The fourth-order valence-corrected chi connectivity index (χ4v) is 15.8. The van der Waals surface area contributed by atoms with E-state index in [1.165, 1.54) is 12.2 Å². The van der Waals surface area contributed by atoms with Crippen LogP contribution in [0.1, 0.15) is 179 Å². The van der Waals surface area contributed by atoms with Crippen molar-refractivity contribution in [2.24, 2.45) is 28.1 Å². The molecule has 0 radical (unpaired) electrons. The summed E-state index contributed by atoms with van der Waals surface area (Å²) in [5.74, 6) is -2.63. The van der Waals surface area contributed by atoms with E-state index in [9.17, 15) is 96.8 Å². The van der Waals surface area contributed by atoms with Gasteiger partial charge in [-0.2, -0.15) is 0 Å². The number of carbonyl (C=O) groups is 6. The zero-order chi connectivity index (χ0) is 74.6. The maximum atomic E-state index is 13.0. The molecule has 8 rings (SSSR count). The van der Waals surface area contributed by atoms with Crippen LogP contribution in [0.3, 0.4) is 0 Å². The molecule has 8 fully saturated rings. The molecule has 0 aromatic rings. The first-order chi connectivity index (χ1) is 43.2. The Morgan fingerprint density at radius 1 is 0.474 bits per heavy atom. The third kappa shape index (κ3) is 24.2. The van der Waals surface area contributed by atoms with Crippen LogP contribution in [0.4, 0.5) is 31.9 Å². The van der Waals surface area contributed by atoms with Crippen LogP contribution in [0.25, 0.3) is 0 Å². The van der Waals surface area contributed by atoms with E-state index in [1.54, 1.807) is 87.8 Å². The quantitative estimate of drug-likeness (QED) is 0.0317. The van der Waals surface area contributed by atoms with E-state index >= 15 is 0 Å². The largest absolute Gasteiger partial charge is 0.460 e. The summed E-state index contributed by atoms with van der Waals surface area (Å²) in [7, 11) is -23.0. The highest BCUT2D eigenvalue weighted by molar-refractivity contribution is 7.93. The molecule has 0 aromatic carbocycles. The van der Waals surface area contributed by atoms with Crippen molar-refractivity contribution in [2.45, 2.75) is 236 Å². The van der Waals surface area contributed by atoms with Crippen LogP contribution in [-0.2, 0) is 93.5 Å². The number of allylic oxidation sites excluding steroid dienone is 1. The summed E-state index contributed by atoms with van der Waals surface area (Å²) < 4.78 is 210. The number of carbonyl (C=O) groups excluding carboxylic acids is 6. The van der Waals surface area contributed by atoms with E-state index in [4.69, 9.17) is 34.9 Å². The summed E-state index contributed by atoms with van der Waals surface area (Å²) in [6, 6.07) is 0. The topological polar surface area (TPSA) is 477 Å². The fourth-order valence-electron chi connectivity index (χ4n) is 8.38. The van der Waals surface area contributed by atoms with Gasteiger partial charge in [-0.05, 0) is 179 Å². The minimum atomic E-state index is -4.10. The summed E-state index contributed by atoms with van der Waals surface area (Å²) in [5.41, 5.74) is 0.425. The molecule has 8 aliphatic rings. The van der Waals surface area contributed by atoms with Crippen molar-refractivity contribution < 1.29 is 121 Å². The van der Waals surface area contributed by atoms with Crippen LogP contribution < -0.4 is 34.5 Å². The molecule has 564 valence electrons. The lowest BCUT2D eigenvalue weighted by molar-refractivity contribution is -0.158. The molecule has 8 saturated carbocycles. The Bertz CT molecular complexity index is 3560. The Balaban J connectivity index is 0.000000403. The molecular formula is C56H96ClF4N7O23S6. The zero-order valence-corrected chi connectivity index (χ0v) is 62.1. The van der Waals surface area contributed by atoms with Gasteiger partial charge in [0.05, 0.1) is 23.7 Å². The van der Waals surface area contributed by atoms with Gasteiger partial charge < -0.3 is 29.8 Å². The Kier molecular flexibility index (Phi) is 28.1. The van der Waals surface area contributed by atoms with Gasteiger partial charge in [0.1, 0.15) is 78.4 Å². The monoisotopic (exact) mass is 1540 g/mol. The first-order valence-corrected chi connectivity index (χ1v) is 39.2. The van der Waals surface area contributed by atoms with E-state index in [0.717, 1.165) is 0 Å². The Morgan fingerprint density at radius 2 is 0.773 bits per heavy atom. The normalized spacial score (nSPS) is 23.9. The maximum absolute atomic E-state index is 13.0. The van der Waals surface area contributed by atoms with E-state index < -0.39 is 192 Å². The lowest BCUT2D eigenvalue weighted by Crippen LogP contribution is -2.50. The molecule has 4 atom stereocenters. The first kappa shape index (κ1) is 88.4. The number of rotatable bonds is 22. The van der Waals surface area contributed by atoms with Crippen LogP contribution in [0.5, 0.6) is 0 Å². The molecular weight excluding hydrogens is 1440 g/mol. The number of hydrogen-bond donors (Lipinski definition) is 8. The maximum Gasteiger partial charge on any atom is 0.421 e. The number of primary sulfonamides is 1. The SMILES string of the molecule is C=C[C@@H]1C[C@]1(CC(=O)OC(C)(C)C)C(=O)NS(=O)(=O)C1(CF)CC1.C=C[C@@H]1C[C@]1(N)C(=O)NS(=O)(=O)C1(CF)CC1.CC(C)(C)OC(=O)NS(=O)(=O)C1(CF)CC1.CC(C)(C)OC(=O)NS(=O)(=O)C1(CO)CC1.CC(C)(C)OC(=O)NS(=O)(=O)C1CC1.Cl.NS(=O)(=O)C1(CF)CC1. The number of esters is 1. The van der Waals surface area contributed by atoms with Gasteiger partial charge in [-0.3, -0.25) is 23.8 Å². The van der Waals surface area contributed by atoms with Gasteiger partial charge in [-0.1, -0.05) is 12.2 Å². The summed E-state index contributed by atoms with van der Waals surface area (Å²) in [6.07, 6.45) is 4.62. The van der Waals surface area contributed by atoms with Crippen molar-refractivity contribution in [2.75, 3.05) is 33.3 Å². The Morgan fingerprint density at radius 3 is 1.01 bits per heavy atom. The van der Waals surface area contributed by atoms with Crippen molar-refractivity contribution in [3.05, 3.63) is 25.3 Å². The number of aliphatic hydroxyl groups is 1. The number of amides is 5. The third-order valence-electron chi connectivity index (χ3n) is 16.0. The van der Waals surface area contributed by atoms with Crippen LogP contribution in [0, 0.1) is 17.3 Å². The second-order valence-electron chi connectivity index (χ2n) is 29.1. The summed E-state index contributed by atoms with van der Waals surface area (Å²) >= 11 is 0. The highest BCUT2D eigenvalue weighted by Gasteiger charge is 2.64. The van der Waals surface area contributed by atoms with Crippen LogP contribution >= 0.6 is 12.4 Å².